The van der Waals surface area contributed by atoms with Crippen molar-refractivity contribution >= 4 is 17.6 Å². The van der Waals surface area contributed by atoms with Gasteiger partial charge in [0.2, 0.25) is 0 Å². The number of nitrogens with one attached hydrogen (secondary N) is 1. The number of carbonyl (C=O) groups is 1. The van der Waals surface area contributed by atoms with E-state index in [1.807, 2.05) is 32.0 Å². The van der Waals surface area contributed by atoms with E-state index in [4.69, 9.17) is 16.3 Å². The lowest BCUT2D eigenvalue weighted by atomic mass is 9.85. The minimum Gasteiger partial charge on any atom is -0.466 e. The van der Waals surface area contributed by atoms with Crippen molar-refractivity contribution in [3.8, 4) is 0 Å². The van der Waals surface area contributed by atoms with Gasteiger partial charge in [0, 0.05) is 17.6 Å². The summed E-state index contributed by atoms with van der Waals surface area (Å²) in [5.41, 5.74) is 4.43. The summed E-state index contributed by atoms with van der Waals surface area (Å²) < 4.78 is 5.15. The Kier molecular flexibility index (Phi) is 7.11. The first-order valence-electron chi connectivity index (χ1n) is 9.93. The van der Waals surface area contributed by atoms with E-state index >= 15 is 0 Å². The van der Waals surface area contributed by atoms with Crippen molar-refractivity contribution < 1.29 is 14.6 Å². The number of aliphatic hydroxyl groups is 1. The third-order valence-electron chi connectivity index (χ3n) is 5.43. The van der Waals surface area contributed by atoms with Gasteiger partial charge in [-0.3, -0.25) is 4.79 Å². The molecule has 2 aromatic carbocycles. The first-order valence-corrected chi connectivity index (χ1v) is 10.3. The Labute approximate surface area is 171 Å². The van der Waals surface area contributed by atoms with Gasteiger partial charge in [0.05, 0.1) is 18.6 Å². The van der Waals surface area contributed by atoms with E-state index in [2.05, 4.69) is 17.4 Å². The van der Waals surface area contributed by atoms with E-state index in [9.17, 15) is 9.90 Å². The molecule has 150 valence electrons. The van der Waals surface area contributed by atoms with Crippen LogP contribution in [0.5, 0.6) is 0 Å². The molecule has 0 aromatic heterocycles. The highest BCUT2D eigenvalue weighted by Crippen LogP contribution is 2.27. The van der Waals surface area contributed by atoms with Crippen LogP contribution in [0.1, 0.15) is 54.5 Å². The van der Waals surface area contributed by atoms with Crippen LogP contribution in [0, 0.1) is 0 Å². The Hall–Kier alpha value is -1.88. The molecule has 1 aliphatic rings. The van der Waals surface area contributed by atoms with Gasteiger partial charge >= 0.3 is 5.97 Å². The molecule has 3 atom stereocenters. The number of hydrogen-bond acceptors (Lipinski definition) is 4. The highest BCUT2D eigenvalue weighted by Gasteiger charge is 2.22. The normalized spacial score (nSPS) is 18.2. The molecule has 0 saturated heterocycles. The van der Waals surface area contributed by atoms with E-state index in [1.54, 1.807) is 12.1 Å². The average molecular weight is 402 g/mol. The number of carbonyl (C=O) groups excluding carboxylic acids is 1. The minimum absolute atomic E-state index is 0.183. The summed E-state index contributed by atoms with van der Waals surface area (Å²) in [6.07, 6.45) is 2.33. The maximum absolute atomic E-state index is 12.0. The van der Waals surface area contributed by atoms with Crippen molar-refractivity contribution in [3.05, 3.63) is 69.7 Å². The zero-order valence-corrected chi connectivity index (χ0v) is 17.2. The summed E-state index contributed by atoms with van der Waals surface area (Å²) in [6.45, 7) is 4.60. The van der Waals surface area contributed by atoms with Crippen LogP contribution in [0.15, 0.2) is 42.5 Å². The van der Waals surface area contributed by atoms with Crippen molar-refractivity contribution in [1.29, 1.82) is 0 Å². The van der Waals surface area contributed by atoms with Crippen LogP contribution in [-0.2, 0) is 22.4 Å². The lowest BCUT2D eigenvalue weighted by molar-refractivity contribution is -0.144. The number of aliphatic hydroxyl groups excluding tert-OH is 1. The van der Waals surface area contributed by atoms with Gasteiger partial charge in [-0.05, 0) is 67.5 Å². The fraction of sp³-hybridized carbons (Fsp3) is 0.435. The Morgan fingerprint density at radius 3 is 2.82 bits per heavy atom. The fourth-order valence-corrected chi connectivity index (χ4v) is 3.93. The highest BCUT2D eigenvalue weighted by molar-refractivity contribution is 6.30. The lowest BCUT2D eigenvalue weighted by Crippen LogP contribution is -2.37. The molecule has 5 heteroatoms. The number of fused-ring (bicyclic) bond motifs is 1. The zero-order chi connectivity index (χ0) is 20.1. The number of halogens is 1. The molecule has 2 aromatic rings. The Morgan fingerprint density at radius 1 is 1.25 bits per heavy atom. The predicted octanol–water partition coefficient (Wildman–Crippen LogP) is 4.19. The number of hydrogen-bond donors (Lipinski definition) is 2. The van der Waals surface area contributed by atoms with Gasteiger partial charge in [-0.15, -0.1) is 0 Å². The molecule has 0 amide bonds. The first-order chi connectivity index (χ1) is 13.5. The van der Waals surface area contributed by atoms with Crippen molar-refractivity contribution in [2.24, 2.45) is 0 Å². The van der Waals surface area contributed by atoms with Crippen LogP contribution in [0.2, 0.25) is 5.02 Å². The van der Waals surface area contributed by atoms with Crippen molar-refractivity contribution in [3.63, 3.8) is 0 Å². The van der Waals surface area contributed by atoms with E-state index in [1.165, 1.54) is 11.1 Å². The number of esters is 1. The second-order valence-electron chi connectivity index (χ2n) is 7.42. The number of benzene rings is 2. The standard InChI is InChI=1S/C23H28ClNO3/c1-3-28-23(27)15(2)17-8-7-16-9-10-21(13-19(16)11-17)25-14-22(26)18-5-4-6-20(24)12-18/h4-8,11-12,15,21-22,25-26H,3,9-10,13-14H2,1-2H3. The molecule has 0 spiro atoms. The van der Waals surface area contributed by atoms with Crippen LogP contribution >= 0.6 is 11.6 Å². The van der Waals surface area contributed by atoms with Gasteiger partial charge in [0.15, 0.2) is 0 Å². The molecular weight excluding hydrogens is 374 g/mol. The highest BCUT2D eigenvalue weighted by atomic mass is 35.5. The maximum atomic E-state index is 12.0. The first kappa shape index (κ1) is 20.8. The van der Waals surface area contributed by atoms with Crippen LogP contribution < -0.4 is 5.32 Å². The van der Waals surface area contributed by atoms with Gasteiger partial charge in [0.1, 0.15) is 0 Å². The second-order valence-corrected chi connectivity index (χ2v) is 7.86. The van der Waals surface area contributed by atoms with Gasteiger partial charge in [-0.1, -0.05) is 41.9 Å². The van der Waals surface area contributed by atoms with E-state index in [-0.39, 0.29) is 11.9 Å². The summed E-state index contributed by atoms with van der Waals surface area (Å²) in [5.74, 6) is -0.444. The molecule has 0 radical (unpaired) electrons. The number of ether oxygens (including phenoxy) is 1. The Balaban J connectivity index is 1.61. The van der Waals surface area contributed by atoms with Gasteiger partial charge in [0.25, 0.3) is 0 Å². The molecule has 28 heavy (non-hydrogen) atoms. The summed E-state index contributed by atoms with van der Waals surface area (Å²) in [4.78, 5) is 12.0. The lowest BCUT2D eigenvalue weighted by Gasteiger charge is -2.27. The topological polar surface area (TPSA) is 58.6 Å². The molecule has 0 heterocycles. The van der Waals surface area contributed by atoms with Gasteiger partial charge < -0.3 is 15.2 Å². The monoisotopic (exact) mass is 401 g/mol. The fourth-order valence-electron chi connectivity index (χ4n) is 3.73. The van der Waals surface area contributed by atoms with Gasteiger partial charge in [-0.2, -0.15) is 0 Å². The molecule has 0 bridgehead atoms. The van der Waals surface area contributed by atoms with Crippen LogP contribution in [0.25, 0.3) is 0 Å². The molecule has 0 saturated carbocycles. The molecule has 3 rings (SSSR count). The number of aryl methyl sites for hydroxylation is 1. The molecular formula is C23H28ClNO3. The quantitative estimate of drug-likeness (QED) is 0.683. The van der Waals surface area contributed by atoms with Crippen LogP contribution in [-0.4, -0.2) is 30.3 Å². The molecule has 2 N–H and O–H groups in total. The van der Waals surface area contributed by atoms with E-state index in [0.29, 0.717) is 24.2 Å². The van der Waals surface area contributed by atoms with Crippen LogP contribution in [0.3, 0.4) is 0 Å². The third-order valence-corrected chi connectivity index (χ3v) is 5.67. The van der Waals surface area contributed by atoms with Crippen LogP contribution in [0.4, 0.5) is 0 Å². The Morgan fingerprint density at radius 2 is 2.07 bits per heavy atom. The average Bonchev–Trinajstić information content (AvgIpc) is 2.71. The maximum Gasteiger partial charge on any atom is 0.313 e. The predicted molar refractivity (Wildman–Crippen MR) is 112 cm³/mol. The molecule has 0 aliphatic heterocycles. The third kappa shape index (κ3) is 5.13. The molecule has 3 unspecified atom stereocenters. The minimum atomic E-state index is -0.588. The van der Waals surface area contributed by atoms with Gasteiger partial charge in [-0.25, -0.2) is 0 Å². The smallest absolute Gasteiger partial charge is 0.313 e. The van der Waals surface area contributed by atoms with Crippen molar-refractivity contribution in [2.75, 3.05) is 13.2 Å². The van der Waals surface area contributed by atoms with Crippen molar-refractivity contribution in [2.45, 2.75) is 51.2 Å². The molecule has 0 fully saturated rings. The van der Waals surface area contributed by atoms with E-state index in [0.717, 1.165) is 30.4 Å². The zero-order valence-electron chi connectivity index (χ0n) is 16.5. The summed E-state index contributed by atoms with van der Waals surface area (Å²) in [6, 6.07) is 14.0. The Bertz CT molecular complexity index is 823. The summed E-state index contributed by atoms with van der Waals surface area (Å²) in [7, 11) is 0. The summed E-state index contributed by atoms with van der Waals surface area (Å²) in [5, 5.41) is 14.5. The SMILES string of the molecule is CCOC(=O)C(C)c1ccc2c(c1)CC(NCC(O)c1cccc(Cl)c1)CC2. The largest absolute Gasteiger partial charge is 0.466 e. The second kappa shape index (κ2) is 9.55. The molecule has 4 nitrogen and oxygen atoms in total. The molecule has 1 aliphatic carbocycles. The van der Waals surface area contributed by atoms with Crippen molar-refractivity contribution in [1.82, 2.24) is 5.32 Å². The summed E-state index contributed by atoms with van der Waals surface area (Å²) >= 11 is 6.01. The number of rotatable bonds is 7. The van der Waals surface area contributed by atoms with E-state index < -0.39 is 6.10 Å².